The summed E-state index contributed by atoms with van der Waals surface area (Å²) in [5.74, 6) is 0. The van der Waals surface area contributed by atoms with E-state index >= 15 is 0 Å². The Morgan fingerprint density at radius 3 is 1.72 bits per heavy atom. The van der Waals surface area contributed by atoms with Crippen molar-refractivity contribution in [3.63, 3.8) is 0 Å². The van der Waals surface area contributed by atoms with Gasteiger partial charge in [-0.05, 0) is 30.3 Å². The summed E-state index contributed by atoms with van der Waals surface area (Å²) in [5.41, 5.74) is 10.1. The van der Waals surface area contributed by atoms with Gasteiger partial charge in [-0.1, -0.05) is 103 Å². The lowest BCUT2D eigenvalue weighted by Crippen LogP contribution is -1.98. The Bertz CT molecular complexity index is 2110. The Morgan fingerprint density at radius 2 is 1.05 bits per heavy atom. The molecule has 0 unspecified atom stereocenters. The predicted molar refractivity (Wildman–Crippen MR) is 163 cm³/mol. The van der Waals surface area contributed by atoms with Crippen molar-refractivity contribution in [2.45, 2.75) is 0 Å². The summed E-state index contributed by atoms with van der Waals surface area (Å²) in [6, 6.07) is 47.4. The molecule has 0 aliphatic rings. The molecule has 0 saturated heterocycles. The minimum atomic E-state index is 0.961. The average Bonchev–Trinajstić information content (AvgIpc) is 3.50. The van der Waals surface area contributed by atoms with Gasteiger partial charge in [0.05, 0.1) is 33.6 Å². The number of rotatable bonds is 3. The molecule has 0 spiro atoms. The van der Waals surface area contributed by atoms with Crippen LogP contribution in [-0.4, -0.2) is 14.1 Å². The molecule has 3 nitrogen and oxygen atoms in total. The summed E-state index contributed by atoms with van der Waals surface area (Å²) in [4.78, 5) is 5.14. The molecule has 39 heavy (non-hydrogen) atoms. The van der Waals surface area contributed by atoms with Crippen molar-refractivity contribution in [1.29, 1.82) is 0 Å². The highest BCUT2D eigenvalue weighted by atomic mass is 15.0. The van der Waals surface area contributed by atoms with Crippen molar-refractivity contribution >= 4 is 43.6 Å². The molecule has 5 aromatic carbocycles. The number of aryl methyl sites for hydroxylation is 1. The number of fused-ring (bicyclic) bond motifs is 7. The van der Waals surface area contributed by atoms with Crippen molar-refractivity contribution in [1.82, 2.24) is 14.1 Å². The molecule has 0 aliphatic heterocycles. The number of nitrogens with zero attached hydrogens (tertiary/aromatic N) is 3. The maximum absolute atomic E-state index is 5.14. The third-order valence-corrected chi connectivity index (χ3v) is 7.92. The number of para-hydroxylation sites is 2. The zero-order chi connectivity index (χ0) is 25.9. The predicted octanol–water partition coefficient (Wildman–Crippen LogP) is 9.16. The molecule has 3 heteroatoms. The fourth-order valence-electron chi connectivity index (χ4n) is 6.13. The Morgan fingerprint density at radius 1 is 0.487 bits per heavy atom. The van der Waals surface area contributed by atoms with Gasteiger partial charge in [-0.25, -0.2) is 4.98 Å². The smallest absolute Gasteiger partial charge is 0.0730 e. The van der Waals surface area contributed by atoms with Gasteiger partial charge >= 0.3 is 0 Å². The first-order valence-corrected chi connectivity index (χ1v) is 13.3. The lowest BCUT2D eigenvalue weighted by atomic mass is 10.1. The summed E-state index contributed by atoms with van der Waals surface area (Å²) in [6.07, 6.45) is 0. The second kappa shape index (κ2) is 8.44. The maximum atomic E-state index is 5.14. The molecule has 184 valence electrons. The summed E-state index contributed by atoms with van der Waals surface area (Å²) in [6.45, 7) is 0. The number of hydrogen-bond acceptors (Lipinski definition) is 1. The van der Waals surface area contributed by atoms with Crippen LogP contribution in [0.3, 0.4) is 0 Å². The van der Waals surface area contributed by atoms with E-state index in [1.54, 1.807) is 0 Å². The van der Waals surface area contributed by atoms with Crippen LogP contribution in [0.5, 0.6) is 0 Å². The van der Waals surface area contributed by atoms with Crippen LogP contribution in [0.1, 0.15) is 0 Å². The van der Waals surface area contributed by atoms with Crippen molar-refractivity contribution < 1.29 is 0 Å². The van der Waals surface area contributed by atoms with Crippen molar-refractivity contribution in [3.8, 4) is 28.2 Å². The van der Waals surface area contributed by atoms with Crippen LogP contribution >= 0.6 is 0 Å². The number of hydrogen-bond donors (Lipinski definition) is 0. The molecule has 0 fully saturated rings. The number of pyridine rings is 1. The van der Waals surface area contributed by atoms with E-state index in [0.29, 0.717) is 0 Å². The van der Waals surface area contributed by atoms with Gasteiger partial charge in [0.2, 0.25) is 0 Å². The summed E-state index contributed by atoms with van der Waals surface area (Å²) in [5, 5.41) is 5.06. The lowest BCUT2D eigenvalue weighted by Gasteiger charge is -2.14. The Hall–Kier alpha value is -5.15. The summed E-state index contributed by atoms with van der Waals surface area (Å²) >= 11 is 0. The van der Waals surface area contributed by atoms with E-state index in [1.165, 1.54) is 43.6 Å². The molecule has 3 heterocycles. The van der Waals surface area contributed by atoms with Gasteiger partial charge in [0.1, 0.15) is 0 Å². The highest BCUT2D eigenvalue weighted by molar-refractivity contribution is 6.25. The van der Waals surface area contributed by atoms with Gasteiger partial charge in [-0.3, -0.25) is 0 Å². The van der Waals surface area contributed by atoms with Crippen LogP contribution in [-0.2, 0) is 7.05 Å². The lowest BCUT2D eigenvalue weighted by molar-refractivity contribution is 1.01. The van der Waals surface area contributed by atoms with Crippen LogP contribution in [0.15, 0.2) is 133 Å². The fraction of sp³-hybridized carbons (Fsp3) is 0.0278. The van der Waals surface area contributed by atoms with Crippen LogP contribution in [0.25, 0.3) is 71.8 Å². The first-order chi connectivity index (χ1) is 19.3. The third-order valence-electron chi connectivity index (χ3n) is 7.92. The molecule has 0 atom stereocenters. The zero-order valence-corrected chi connectivity index (χ0v) is 21.5. The first-order valence-electron chi connectivity index (χ1n) is 13.3. The fourth-order valence-corrected chi connectivity index (χ4v) is 6.13. The average molecular weight is 500 g/mol. The molecular formula is C36H25N3. The van der Waals surface area contributed by atoms with Gasteiger partial charge < -0.3 is 9.13 Å². The van der Waals surface area contributed by atoms with Gasteiger partial charge in [-0.2, -0.15) is 0 Å². The minimum absolute atomic E-state index is 0.961. The Kier molecular flexibility index (Phi) is 4.74. The SMILES string of the molecule is Cn1c2ccccc2c2c1ccc1c3ccccc3n(-c3cc(-c4ccccc4)nc(-c4ccccc4)c3)c12. The molecule has 3 aromatic heterocycles. The van der Waals surface area contributed by atoms with Gasteiger partial charge in [0.25, 0.3) is 0 Å². The summed E-state index contributed by atoms with van der Waals surface area (Å²) < 4.78 is 4.75. The van der Waals surface area contributed by atoms with Crippen LogP contribution < -0.4 is 0 Å². The van der Waals surface area contributed by atoms with Crippen molar-refractivity contribution in [2.24, 2.45) is 7.05 Å². The highest BCUT2D eigenvalue weighted by Crippen LogP contribution is 2.41. The van der Waals surface area contributed by atoms with Gasteiger partial charge in [0, 0.05) is 45.2 Å². The molecule has 8 rings (SSSR count). The highest BCUT2D eigenvalue weighted by Gasteiger charge is 2.20. The second-order valence-corrected chi connectivity index (χ2v) is 10.1. The first kappa shape index (κ1) is 21.9. The second-order valence-electron chi connectivity index (χ2n) is 10.1. The van der Waals surface area contributed by atoms with Crippen molar-refractivity contribution in [2.75, 3.05) is 0 Å². The van der Waals surface area contributed by atoms with E-state index in [2.05, 4.69) is 150 Å². The van der Waals surface area contributed by atoms with Gasteiger partial charge in [0.15, 0.2) is 0 Å². The molecule has 0 amide bonds. The van der Waals surface area contributed by atoms with E-state index in [9.17, 15) is 0 Å². The Labute approximate surface area is 226 Å². The molecule has 0 N–H and O–H groups in total. The van der Waals surface area contributed by atoms with E-state index in [0.717, 1.165) is 28.2 Å². The molecule has 0 saturated carbocycles. The zero-order valence-electron chi connectivity index (χ0n) is 21.5. The molecule has 0 radical (unpaired) electrons. The van der Waals surface area contributed by atoms with Crippen LogP contribution in [0, 0.1) is 0 Å². The quantitative estimate of drug-likeness (QED) is 0.238. The van der Waals surface area contributed by atoms with Gasteiger partial charge in [-0.15, -0.1) is 0 Å². The molecule has 0 bridgehead atoms. The van der Waals surface area contributed by atoms with Crippen LogP contribution in [0.4, 0.5) is 0 Å². The van der Waals surface area contributed by atoms with E-state index < -0.39 is 0 Å². The Balaban J connectivity index is 1.56. The topological polar surface area (TPSA) is 22.8 Å². The summed E-state index contributed by atoms with van der Waals surface area (Å²) in [7, 11) is 2.16. The largest absolute Gasteiger partial charge is 0.344 e. The standard InChI is InChI=1S/C36H25N3/c1-38-32-18-10-9-17-29(32)35-34(38)21-20-28-27-16-8-11-19-33(27)39(36(28)35)26-22-30(24-12-4-2-5-13-24)37-31(23-26)25-14-6-3-7-15-25/h2-23H,1H3. The normalized spacial score (nSPS) is 11.7. The van der Waals surface area contributed by atoms with Crippen LogP contribution in [0.2, 0.25) is 0 Å². The van der Waals surface area contributed by atoms with E-state index in [-0.39, 0.29) is 0 Å². The molecule has 0 aliphatic carbocycles. The molecule has 8 aromatic rings. The minimum Gasteiger partial charge on any atom is -0.344 e. The third kappa shape index (κ3) is 3.27. The van der Waals surface area contributed by atoms with Crippen molar-refractivity contribution in [3.05, 3.63) is 133 Å². The monoisotopic (exact) mass is 499 g/mol. The van der Waals surface area contributed by atoms with E-state index in [1.807, 2.05) is 0 Å². The molecular weight excluding hydrogens is 474 g/mol. The maximum Gasteiger partial charge on any atom is 0.0730 e. The van der Waals surface area contributed by atoms with E-state index in [4.69, 9.17) is 4.98 Å². The number of benzene rings is 5. The number of aromatic nitrogens is 3.